The van der Waals surface area contributed by atoms with Crippen LogP contribution in [0.1, 0.15) is 13.8 Å². The van der Waals surface area contributed by atoms with E-state index in [-0.39, 0.29) is 19.8 Å². The fourth-order valence-electron chi connectivity index (χ4n) is 1.91. The summed E-state index contributed by atoms with van der Waals surface area (Å²) in [4.78, 5) is 10.4. The first-order valence-electron chi connectivity index (χ1n) is 10.6. The van der Waals surface area contributed by atoms with Gasteiger partial charge in [-0.25, -0.2) is 4.79 Å². The van der Waals surface area contributed by atoms with Gasteiger partial charge in [0.1, 0.15) is 6.61 Å². The molecule has 0 bridgehead atoms. The number of carbonyl (C=O) groups excluding carboxylic acids is 1. The normalized spacial score (nSPS) is 11.9. The summed E-state index contributed by atoms with van der Waals surface area (Å²) in [6, 6.07) is 0. The maximum atomic E-state index is 11.9. The Balaban J connectivity index is 3.10. The third kappa shape index (κ3) is 23.6. The van der Waals surface area contributed by atoms with Crippen molar-refractivity contribution in [2.45, 2.75) is 20.0 Å². The summed E-state index contributed by atoms with van der Waals surface area (Å²) >= 11 is 0. The maximum Gasteiger partial charge on any atom is 0.490 e. The minimum Gasteiger partial charge on any atom is -0.457 e. The summed E-state index contributed by atoms with van der Waals surface area (Å²) in [7, 11) is 0. The largest absolute Gasteiger partial charge is 0.490 e. The van der Waals surface area contributed by atoms with E-state index in [1.54, 1.807) is 0 Å². The van der Waals surface area contributed by atoms with Crippen LogP contribution in [0.15, 0.2) is 0 Å². The number of halogens is 3. The highest BCUT2D eigenvalue weighted by molar-refractivity contribution is 5.75. The van der Waals surface area contributed by atoms with Crippen LogP contribution in [-0.2, 0) is 42.7 Å². The third-order valence-corrected chi connectivity index (χ3v) is 3.38. The molecule has 0 amide bonds. The summed E-state index contributed by atoms with van der Waals surface area (Å²) in [6.45, 7) is 9.45. The molecule has 0 heterocycles. The Labute approximate surface area is 187 Å². The second-order valence-corrected chi connectivity index (χ2v) is 6.78. The van der Waals surface area contributed by atoms with Crippen molar-refractivity contribution in [2.24, 2.45) is 5.92 Å². The number of alkyl halides is 3. The molecule has 0 aromatic rings. The summed E-state index contributed by atoms with van der Waals surface area (Å²) in [5.74, 6) is -1.70. The molecule has 0 N–H and O–H groups in total. The van der Waals surface area contributed by atoms with E-state index >= 15 is 0 Å². The highest BCUT2D eigenvalue weighted by Gasteiger charge is 2.40. The van der Waals surface area contributed by atoms with Crippen LogP contribution in [0.25, 0.3) is 0 Å². The first-order valence-corrected chi connectivity index (χ1v) is 10.6. The van der Waals surface area contributed by atoms with E-state index in [9.17, 15) is 18.0 Å². The Morgan fingerprint density at radius 1 is 0.562 bits per heavy atom. The van der Waals surface area contributed by atoms with Crippen molar-refractivity contribution in [1.29, 1.82) is 0 Å². The van der Waals surface area contributed by atoms with Crippen LogP contribution in [0.5, 0.6) is 0 Å². The summed E-state index contributed by atoms with van der Waals surface area (Å²) in [5, 5.41) is 0. The maximum absolute atomic E-state index is 11.9. The first kappa shape index (κ1) is 31.0. The van der Waals surface area contributed by atoms with Gasteiger partial charge in [-0.05, 0) is 5.92 Å². The molecular weight excluding hydrogens is 441 g/mol. The van der Waals surface area contributed by atoms with Crippen LogP contribution in [0.4, 0.5) is 13.2 Å². The smallest absolute Gasteiger partial charge is 0.457 e. The lowest BCUT2D eigenvalue weighted by molar-refractivity contribution is -0.200. The fourth-order valence-corrected chi connectivity index (χ4v) is 1.91. The van der Waals surface area contributed by atoms with Crippen LogP contribution in [0.2, 0.25) is 0 Å². The Hall–Kier alpha value is -1.02. The predicted octanol–water partition coefficient (Wildman–Crippen LogP) is 1.86. The van der Waals surface area contributed by atoms with Crippen molar-refractivity contribution in [3.63, 3.8) is 0 Å². The van der Waals surface area contributed by atoms with Crippen molar-refractivity contribution >= 4 is 5.97 Å². The summed E-state index contributed by atoms with van der Waals surface area (Å²) in [6.07, 6.45) is -4.99. The number of rotatable bonds is 23. The lowest BCUT2D eigenvalue weighted by atomic mass is 10.2. The van der Waals surface area contributed by atoms with Gasteiger partial charge in [-0.2, -0.15) is 13.2 Å². The van der Waals surface area contributed by atoms with Gasteiger partial charge in [-0.3, -0.25) is 0 Å². The quantitative estimate of drug-likeness (QED) is 0.161. The molecule has 0 fully saturated rings. The standard InChI is InChI=1S/C20H37F3O9/c1-18(2)17-31-14-13-29-10-9-27-6-5-25-3-4-26-7-8-28-11-12-30-15-16-32-19(24)20(21,22)23/h18H,3-17H2,1-2H3. The molecule has 9 nitrogen and oxygen atoms in total. The second kappa shape index (κ2) is 21.8. The van der Waals surface area contributed by atoms with E-state index in [1.165, 1.54) is 0 Å². The van der Waals surface area contributed by atoms with E-state index in [1.807, 2.05) is 0 Å². The molecule has 0 spiro atoms. The number of hydrogen-bond donors (Lipinski definition) is 0. The molecule has 0 aliphatic rings. The Bertz CT molecular complexity index is 424. The Kier molecular flexibility index (Phi) is 21.1. The molecule has 0 atom stereocenters. The van der Waals surface area contributed by atoms with Gasteiger partial charge in [-0.15, -0.1) is 0 Å². The van der Waals surface area contributed by atoms with Gasteiger partial charge in [0.25, 0.3) is 0 Å². The van der Waals surface area contributed by atoms with E-state index in [4.69, 9.17) is 33.2 Å². The lowest BCUT2D eigenvalue weighted by Crippen LogP contribution is -2.26. The number of esters is 1. The fraction of sp³-hybridized carbons (Fsp3) is 0.950. The molecule has 0 radical (unpaired) electrons. The topological polar surface area (TPSA) is 90.9 Å². The molecule has 192 valence electrons. The van der Waals surface area contributed by atoms with Crippen LogP contribution in [-0.4, -0.2) is 111 Å². The van der Waals surface area contributed by atoms with Crippen molar-refractivity contribution in [2.75, 3.05) is 99.1 Å². The van der Waals surface area contributed by atoms with Gasteiger partial charge in [0.05, 0.1) is 85.9 Å². The summed E-state index contributed by atoms with van der Waals surface area (Å²) < 4.78 is 76.6. The number of carbonyl (C=O) groups is 1. The van der Waals surface area contributed by atoms with Gasteiger partial charge in [0, 0.05) is 6.61 Å². The van der Waals surface area contributed by atoms with Gasteiger partial charge >= 0.3 is 12.1 Å². The number of hydrogen-bond acceptors (Lipinski definition) is 9. The molecule has 0 rings (SSSR count). The minimum absolute atomic E-state index is 0.136. The van der Waals surface area contributed by atoms with Crippen LogP contribution < -0.4 is 0 Å². The number of ether oxygens (including phenoxy) is 8. The minimum atomic E-state index is -4.99. The van der Waals surface area contributed by atoms with Crippen molar-refractivity contribution in [3.05, 3.63) is 0 Å². The first-order chi connectivity index (χ1) is 15.3. The molecular formula is C20H37F3O9. The molecule has 32 heavy (non-hydrogen) atoms. The summed E-state index contributed by atoms with van der Waals surface area (Å²) in [5.41, 5.74) is 0. The Morgan fingerprint density at radius 3 is 1.12 bits per heavy atom. The van der Waals surface area contributed by atoms with Gasteiger partial charge in [0.15, 0.2) is 0 Å². The average Bonchev–Trinajstić information content (AvgIpc) is 2.73. The predicted molar refractivity (Wildman–Crippen MR) is 108 cm³/mol. The molecule has 0 saturated carbocycles. The zero-order chi connectivity index (χ0) is 23.9. The van der Waals surface area contributed by atoms with Crippen molar-refractivity contribution < 1.29 is 55.9 Å². The van der Waals surface area contributed by atoms with Crippen LogP contribution in [0.3, 0.4) is 0 Å². The Morgan fingerprint density at radius 2 is 0.844 bits per heavy atom. The van der Waals surface area contributed by atoms with E-state index in [0.717, 1.165) is 6.61 Å². The van der Waals surface area contributed by atoms with Gasteiger partial charge in [-0.1, -0.05) is 13.8 Å². The molecule has 0 saturated heterocycles. The monoisotopic (exact) mass is 478 g/mol. The van der Waals surface area contributed by atoms with E-state index < -0.39 is 18.8 Å². The van der Waals surface area contributed by atoms with Crippen LogP contribution >= 0.6 is 0 Å². The second-order valence-electron chi connectivity index (χ2n) is 6.78. The molecule has 0 aromatic heterocycles. The van der Waals surface area contributed by atoms with Gasteiger partial charge in [0.2, 0.25) is 0 Å². The molecule has 0 unspecified atom stereocenters. The zero-order valence-corrected chi connectivity index (χ0v) is 19.0. The van der Waals surface area contributed by atoms with E-state index in [0.29, 0.717) is 72.0 Å². The van der Waals surface area contributed by atoms with Crippen molar-refractivity contribution in [1.82, 2.24) is 0 Å². The van der Waals surface area contributed by atoms with Crippen molar-refractivity contribution in [3.8, 4) is 0 Å². The highest BCUT2D eigenvalue weighted by Crippen LogP contribution is 2.16. The van der Waals surface area contributed by atoms with E-state index in [2.05, 4.69) is 18.6 Å². The highest BCUT2D eigenvalue weighted by atomic mass is 19.4. The third-order valence-electron chi connectivity index (χ3n) is 3.38. The molecule has 12 heteroatoms. The zero-order valence-electron chi connectivity index (χ0n) is 19.0. The average molecular weight is 479 g/mol. The van der Waals surface area contributed by atoms with Crippen LogP contribution in [0, 0.1) is 5.92 Å². The molecule has 0 aliphatic heterocycles. The molecule has 0 aliphatic carbocycles. The SMILES string of the molecule is CC(C)COCCOCCOCCOCCOCCOCCOCCOC(=O)C(F)(F)F. The lowest BCUT2D eigenvalue weighted by Gasteiger charge is -2.09. The molecule has 0 aromatic carbocycles. The van der Waals surface area contributed by atoms with Gasteiger partial charge < -0.3 is 37.9 Å².